The van der Waals surface area contributed by atoms with Crippen molar-refractivity contribution in [2.24, 2.45) is 0 Å². The van der Waals surface area contributed by atoms with Crippen LogP contribution in [0.25, 0.3) is 0 Å². The largest absolute Gasteiger partial charge is 0.416 e. The second-order valence-electron chi connectivity index (χ2n) is 4.68. The Kier molecular flexibility index (Phi) is 5.75. The average molecular weight is 302 g/mol. The SMILES string of the molecule is CCC(C)NC(=O)CC(=O)Nc1ccc(C(F)(F)F)cc1. The van der Waals surface area contributed by atoms with Crippen molar-refractivity contribution < 1.29 is 22.8 Å². The zero-order valence-electron chi connectivity index (χ0n) is 11.8. The van der Waals surface area contributed by atoms with Crippen molar-refractivity contribution in [3.8, 4) is 0 Å². The van der Waals surface area contributed by atoms with Gasteiger partial charge in [0, 0.05) is 11.7 Å². The van der Waals surface area contributed by atoms with Gasteiger partial charge in [-0.1, -0.05) is 6.92 Å². The Morgan fingerprint density at radius 2 is 1.71 bits per heavy atom. The van der Waals surface area contributed by atoms with Crippen molar-refractivity contribution in [2.75, 3.05) is 5.32 Å². The van der Waals surface area contributed by atoms with E-state index < -0.39 is 23.6 Å². The minimum absolute atomic E-state index is 0.0311. The topological polar surface area (TPSA) is 58.2 Å². The lowest BCUT2D eigenvalue weighted by Gasteiger charge is -2.11. The summed E-state index contributed by atoms with van der Waals surface area (Å²) in [5.74, 6) is -0.996. The quantitative estimate of drug-likeness (QED) is 0.822. The van der Waals surface area contributed by atoms with E-state index in [1.165, 1.54) is 0 Å². The molecule has 1 aromatic rings. The molecule has 0 saturated carbocycles. The number of amides is 2. The summed E-state index contributed by atoms with van der Waals surface area (Å²) in [5, 5.41) is 5.00. The van der Waals surface area contributed by atoms with Gasteiger partial charge in [0.2, 0.25) is 11.8 Å². The lowest BCUT2D eigenvalue weighted by molar-refractivity contribution is -0.137. The fraction of sp³-hybridized carbons (Fsp3) is 0.429. The minimum atomic E-state index is -4.42. The molecular formula is C14H17F3N2O2. The maximum atomic E-state index is 12.4. The van der Waals surface area contributed by atoms with Crippen molar-refractivity contribution in [1.29, 1.82) is 0 Å². The van der Waals surface area contributed by atoms with Crippen LogP contribution in [-0.4, -0.2) is 17.9 Å². The maximum absolute atomic E-state index is 12.4. The van der Waals surface area contributed by atoms with Crippen molar-refractivity contribution in [3.63, 3.8) is 0 Å². The summed E-state index contributed by atoms with van der Waals surface area (Å²) in [6, 6.07) is 4.00. The second-order valence-corrected chi connectivity index (χ2v) is 4.68. The minimum Gasteiger partial charge on any atom is -0.353 e. The molecule has 2 amide bonds. The van der Waals surface area contributed by atoms with E-state index in [0.717, 1.165) is 30.7 Å². The van der Waals surface area contributed by atoms with Gasteiger partial charge in [0.25, 0.3) is 0 Å². The third kappa shape index (κ3) is 5.85. The van der Waals surface area contributed by atoms with Gasteiger partial charge in [0.15, 0.2) is 0 Å². The van der Waals surface area contributed by atoms with Crippen LogP contribution in [0.1, 0.15) is 32.3 Å². The van der Waals surface area contributed by atoms with E-state index in [9.17, 15) is 22.8 Å². The molecule has 116 valence electrons. The smallest absolute Gasteiger partial charge is 0.353 e. The summed E-state index contributed by atoms with van der Waals surface area (Å²) in [4.78, 5) is 23.1. The maximum Gasteiger partial charge on any atom is 0.416 e. The number of hydrogen-bond donors (Lipinski definition) is 2. The summed E-state index contributed by atoms with van der Waals surface area (Å²) in [5.41, 5.74) is -0.584. The molecule has 0 aliphatic rings. The molecule has 1 rings (SSSR count). The number of benzene rings is 1. The summed E-state index contributed by atoms with van der Waals surface area (Å²) >= 11 is 0. The van der Waals surface area contributed by atoms with E-state index >= 15 is 0 Å². The Balaban J connectivity index is 2.53. The van der Waals surface area contributed by atoms with E-state index in [-0.39, 0.29) is 18.2 Å². The number of carbonyl (C=O) groups is 2. The van der Waals surface area contributed by atoms with Crippen LogP contribution in [0, 0.1) is 0 Å². The molecule has 2 N–H and O–H groups in total. The lowest BCUT2D eigenvalue weighted by atomic mass is 10.2. The third-order valence-corrected chi connectivity index (χ3v) is 2.84. The standard InChI is InChI=1S/C14H17F3N2O2/c1-3-9(2)18-12(20)8-13(21)19-11-6-4-10(5-7-11)14(15,16)17/h4-7,9H,3,8H2,1-2H3,(H,18,20)(H,19,21). The zero-order chi connectivity index (χ0) is 16.0. The normalized spacial score (nSPS) is 12.6. The number of nitrogens with one attached hydrogen (secondary N) is 2. The first-order valence-corrected chi connectivity index (χ1v) is 6.49. The first-order chi connectivity index (χ1) is 9.72. The second kappa shape index (κ2) is 7.10. The van der Waals surface area contributed by atoms with E-state index in [1.54, 1.807) is 0 Å². The monoisotopic (exact) mass is 302 g/mol. The van der Waals surface area contributed by atoms with E-state index in [1.807, 2.05) is 13.8 Å². The number of carbonyl (C=O) groups excluding carboxylic acids is 2. The van der Waals surface area contributed by atoms with Crippen LogP contribution >= 0.6 is 0 Å². The molecule has 0 aliphatic heterocycles. The van der Waals surface area contributed by atoms with Crippen molar-refractivity contribution in [2.45, 2.75) is 38.9 Å². The van der Waals surface area contributed by atoms with Crippen LogP contribution in [0.5, 0.6) is 0 Å². The molecule has 4 nitrogen and oxygen atoms in total. The summed E-state index contributed by atoms with van der Waals surface area (Å²) in [6.07, 6.45) is -4.05. The molecular weight excluding hydrogens is 285 g/mol. The molecule has 0 fully saturated rings. The number of halogens is 3. The lowest BCUT2D eigenvalue weighted by Crippen LogP contribution is -2.34. The fourth-order valence-electron chi connectivity index (χ4n) is 1.52. The number of anilines is 1. The Bertz CT molecular complexity index is 498. The Morgan fingerprint density at radius 3 is 2.19 bits per heavy atom. The molecule has 0 spiro atoms. The molecule has 1 aromatic carbocycles. The van der Waals surface area contributed by atoms with Gasteiger partial charge in [-0.05, 0) is 37.6 Å². The molecule has 21 heavy (non-hydrogen) atoms. The average Bonchev–Trinajstić information content (AvgIpc) is 2.37. The van der Waals surface area contributed by atoms with Gasteiger partial charge in [-0.3, -0.25) is 9.59 Å². The number of hydrogen-bond acceptors (Lipinski definition) is 2. The Morgan fingerprint density at radius 1 is 1.14 bits per heavy atom. The van der Waals surface area contributed by atoms with E-state index in [0.29, 0.717) is 0 Å². The molecule has 0 bridgehead atoms. The van der Waals surface area contributed by atoms with Crippen LogP contribution in [0.2, 0.25) is 0 Å². The first kappa shape index (κ1) is 17.0. The molecule has 0 heterocycles. The molecule has 0 saturated heterocycles. The molecule has 0 aromatic heterocycles. The predicted molar refractivity (Wildman–Crippen MR) is 72.6 cm³/mol. The van der Waals surface area contributed by atoms with Gasteiger partial charge in [0.05, 0.1) is 5.56 Å². The predicted octanol–water partition coefficient (Wildman–Crippen LogP) is 2.95. The Hall–Kier alpha value is -2.05. The van der Waals surface area contributed by atoms with Gasteiger partial charge in [-0.15, -0.1) is 0 Å². The van der Waals surface area contributed by atoms with Gasteiger partial charge in [0.1, 0.15) is 6.42 Å². The zero-order valence-corrected chi connectivity index (χ0v) is 11.8. The van der Waals surface area contributed by atoms with Gasteiger partial charge in [-0.2, -0.15) is 13.2 Å². The highest BCUT2D eigenvalue weighted by atomic mass is 19.4. The van der Waals surface area contributed by atoms with Crippen LogP contribution in [0.4, 0.5) is 18.9 Å². The van der Waals surface area contributed by atoms with Crippen LogP contribution < -0.4 is 10.6 Å². The van der Waals surface area contributed by atoms with Crippen molar-refractivity contribution in [1.82, 2.24) is 5.32 Å². The first-order valence-electron chi connectivity index (χ1n) is 6.49. The van der Waals surface area contributed by atoms with E-state index in [2.05, 4.69) is 10.6 Å². The van der Waals surface area contributed by atoms with Gasteiger partial charge in [-0.25, -0.2) is 0 Å². The third-order valence-electron chi connectivity index (χ3n) is 2.84. The van der Waals surface area contributed by atoms with Crippen LogP contribution in [0.3, 0.4) is 0 Å². The fourth-order valence-corrected chi connectivity index (χ4v) is 1.52. The highest BCUT2D eigenvalue weighted by Crippen LogP contribution is 2.29. The van der Waals surface area contributed by atoms with Crippen LogP contribution in [0.15, 0.2) is 24.3 Å². The van der Waals surface area contributed by atoms with Crippen molar-refractivity contribution >= 4 is 17.5 Å². The highest BCUT2D eigenvalue weighted by Gasteiger charge is 2.30. The molecule has 0 aliphatic carbocycles. The molecule has 7 heteroatoms. The summed E-state index contributed by atoms with van der Waals surface area (Å²) in [6.45, 7) is 3.71. The van der Waals surface area contributed by atoms with Gasteiger partial charge >= 0.3 is 6.18 Å². The number of rotatable bonds is 5. The van der Waals surface area contributed by atoms with Crippen molar-refractivity contribution in [3.05, 3.63) is 29.8 Å². The van der Waals surface area contributed by atoms with Gasteiger partial charge < -0.3 is 10.6 Å². The molecule has 0 radical (unpaired) electrons. The molecule has 1 atom stereocenters. The highest BCUT2D eigenvalue weighted by molar-refractivity contribution is 6.03. The van der Waals surface area contributed by atoms with E-state index in [4.69, 9.17) is 0 Å². The Labute approximate surface area is 120 Å². The number of alkyl halides is 3. The molecule has 1 unspecified atom stereocenters. The van der Waals surface area contributed by atoms with Crippen LogP contribution in [-0.2, 0) is 15.8 Å². The summed E-state index contributed by atoms with van der Waals surface area (Å²) < 4.78 is 37.1. The summed E-state index contributed by atoms with van der Waals surface area (Å²) in [7, 11) is 0.